The normalized spacial score (nSPS) is 13.9. The molecule has 0 atom stereocenters. The van der Waals surface area contributed by atoms with E-state index in [1.54, 1.807) is 6.07 Å². The van der Waals surface area contributed by atoms with E-state index < -0.39 is 11.8 Å². The molecule has 4 heteroatoms. The molecule has 0 spiro atoms. The van der Waals surface area contributed by atoms with E-state index in [1.807, 2.05) is 6.07 Å². The molecule has 0 bridgehead atoms. The topological polar surface area (TPSA) is 63.6 Å². The maximum Gasteiger partial charge on any atom is 0.377 e. The van der Waals surface area contributed by atoms with E-state index in [-0.39, 0.29) is 5.56 Å². The highest BCUT2D eigenvalue weighted by Crippen LogP contribution is 2.29. The number of carboxylic acids is 1. The van der Waals surface area contributed by atoms with Crippen LogP contribution in [0.25, 0.3) is 0 Å². The Kier molecular flexibility index (Phi) is 2.41. The second-order valence-electron chi connectivity index (χ2n) is 3.38. The van der Waals surface area contributed by atoms with Crippen LogP contribution in [0.3, 0.4) is 0 Å². The van der Waals surface area contributed by atoms with Crippen LogP contribution in [-0.2, 0) is 11.2 Å². The van der Waals surface area contributed by atoms with Crippen LogP contribution in [-0.4, -0.2) is 23.5 Å². The van der Waals surface area contributed by atoms with Crippen molar-refractivity contribution in [2.75, 3.05) is 6.61 Å². The number of fused-ring (bicyclic) bond motifs is 1. The highest BCUT2D eigenvalue weighted by molar-refractivity contribution is 6.40. The molecule has 1 aliphatic rings. The second kappa shape index (κ2) is 3.73. The first-order chi connectivity index (χ1) is 7.20. The lowest BCUT2D eigenvalue weighted by Gasteiger charge is -2.18. The first-order valence-corrected chi connectivity index (χ1v) is 4.72. The Morgan fingerprint density at radius 2 is 2.13 bits per heavy atom. The Labute approximate surface area is 86.5 Å². The van der Waals surface area contributed by atoms with Gasteiger partial charge in [-0.15, -0.1) is 0 Å². The van der Waals surface area contributed by atoms with Crippen molar-refractivity contribution in [3.63, 3.8) is 0 Å². The van der Waals surface area contributed by atoms with E-state index >= 15 is 0 Å². The minimum atomic E-state index is -1.45. The van der Waals surface area contributed by atoms with Gasteiger partial charge in [0.05, 0.1) is 12.2 Å². The second-order valence-corrected chi connectivity index (χ2v) is 3.38. The zero-order valence-electron chi connectivity index (χ0n) is 8.03. The number of Topliss-reactive ketones (excluding diaryl/α,β-unsaturated/α-hetero) is 1. The number of hydrogen-bond donors (Lipinski definition) is 1. The molecule has 0 fully saturated rings. The fraction of sp³-hybridized carbons (Fsp3) is 0.273. The van der Waals surface area contributed by atoms with Crippen molar-refractivity contribution in [3.8, 4) is 5.75 Å². The number of carboxylic acid groups (broad SMARTS) is 1. The average Bonchev–Trinajstić information content (AvgIpc) is 2.27. The highest BCUT2D eigenvalue weighted by atomic mass is 16.5. The molecule has 2 rings (SSSR count). The highest BCUT2D eigenvalue weighted by Gasteiger charge is 2.23. The molecule has 78 valence electrons. The first-order valence-electron chi connectivity index (χ1n) is 4.72. The molecule has 1 aromatic carbocycles. The zero-order chi connectivity index (χ0) is 10.8. The van der Waals surface area contributed by atoms with Crippen LogP contribution in [0.5, 0.6) is 5.75 Å². The van der Waals surface area contributed by atoms with Gasteiger partial charge in [-0.3, -0.25) is 4.79 Å². The number of rotatable bonds is 2. The summed E-state index contributed by atoms with van der Waals surface area (Å²) in [6.45, 7) is 0.539. The molecule has 0 saturated heterocycles. The number of benzene rings is 1. The molecule has 1 heterocycles. The summed E-state index contributed by atoms with van der Waals surface area (Å²) in [5, 5.41) is 8.63. The number of hydrogen-bond acceptors (Lipinski definition) is 3. The summed E-state index contributed by atoms with van der Waals surface area (Å²) >= 11 is 0. The summed E-state index contributed by atoms with van der Waals surface area (Å²) in [6.07, 6.45) is 1.73. The molecule has 0 aromatic heterocycles. The molecule has 15 heavy (non-hydrogen) atoms. The molecule has 0 aliphatic carbocycles. The van der Waals surface area contributed by atoms with Gasteiger partial charge in [-0.2, -0.15) is 0 Å². The van der Waals surface area contributed by atoms with E-state index in [9.17, 15) is 9.59 Å². The molecule has 0 unspecified atom stereocenters. The van der Waals surface area contributed by atoms with Crippen molar-refractivity contribution in [2.24, 2.45) is 0 Å². The Morgan fingerprint density at radius 1 is 1.33 bits per heavy atom. The molecular formula is C11H10O4. The fourth-order valence-electron chi connectivity index (χ4n) is 1.68. The summed E-state index contributed by atoms with van der Waals surface area (Å²) < 4.78 is 5.34. The van der Waals surface area contributed by atoms with Crippen LogP contribution in [0.2, 0.25) is 0 Å². The number of ketones is 1. The van der Waals surface area contributed by atoms with Gasteiger partial charge in [-0.05, 0) is 24.5 Å². The monoisotopic (exact) mass is 206 g/mol. The van der Waals surface area contributed by atoms with Gasteiger partial charge < -0.3 is 9.84 Å². The summed E-state index contributed by atoms with van der Waals surface area (Å²) in [7, 11) is 0. The van der Waals surface area contributed by atoms with Gasteiger partial charge in [-0.1, -0.05) is 12.1 Å². The maximum atomic E-state index is 11.3. The van der Waals surface area contributed by atoms with E-state index in [2.05, 4.69) is 0 Å². The summed E-state index contributed by atoms with van der Waals surface area (Å²) in [6, 6.07) is 5.03. The maximum absolute atomic E-state index is 11.3. The summed E-state index contributed by atoms with van der Waals surface area (Å²) in [5.41, 5.74) is 1.06. The van der Waals surface area contributed by atoms with Crippen LogP contribution in [0.15, 0.2) is 18.2 Å². The van der Waals surface area contributed by atoms with E-state index in [4.69, 9.17) is 9.84 Å². The van der Waals surface area contributed by atoms with Crippen molar-refractivity contribution in [1.82, 2.24) is 0 Å². The van der Waals surface area contributed by atoms with Gasteiger partial charge in [0.1, 0.15) is 5.75 Å². The van der Waals surface area contributed by atoms with E-state index in [0.717, 1.165) is 18.4 Å². The van der Waals surface area contributed by atoms with Crippen LogP contribution >= 0.6 is 0 Å². The molecule has 4 nitrogen and oxygen atoms in total. The lowest BCUT2D eigenvalue weighted by atomic mass is 10.0. The van der Waals surface area contributed by atoms with Gasteiger partial charge in [0, 0.05) is 0 Å². The fourth-order valence-corrected chi connectivity index (χ4v) is 1.68. The third-order valence-electron chi connectivity index (χ3n) is 2.37. The smallest absolute Gasteiger partial charge is 0.377 e. The molecule has 0 saturated carbocycles. The van der Waals surface area contributed by atoms with Gasteiger partial charge in [0.15, 0.2) is 0 Å². The number of carbonyl (C=O) groups excluding carboxylic acids is 1. The molecule has 0 amide bonds. The van der Waals surface area contributed by atoms with Gasteiger partial charge in [-0.25, -0.2) is 4.79 Å². The van der Waals surface area contributed by atoms with Crippen molar-refractivity contribution in [2.45, 2.75) is 12.8 Å². The first kappa shape index (κ1) is 9.71. The van der Waals surface area contributed by atoms with Crippen LogP contribution < -0.4 is 4.74 Å². The van der Waals surface area contributed by atoms with E-state index in [0.29, 0.717) is 12.4 Å². The predicted molar refractivity (Wildman–Crippen MR) is 52.2 cm³/mol. The Bertz CT molecular complexity index is 423. The Balaban J connectivity index is 2.48. The molecule has 1 N–H and O–H groups in total. The molecular weight excluding hydrogens is 196 g/mol. The van der Waals surface area contributed by atoms with Crippen molar-refractivity contribution < 1.29 is 19.4 Å². The lowest BCUT2D eigenvalue weighted by molar-refractivity contribution is -0.131. The Hall–Kier alpha value is -1.84. The summed E-state index contributed by atoms with van der Waals surface area (Å²) in [4.78, 5) is 21.9. The van der Waals surface area contributed by atoms with Crippen molar-refractivity contribution in [1.29, 1.82) is 0 Å². The summed E-state index contributed by atoms with van der Waals surface area (Å²) in [5.74, 6) is -1.91. The third-order valence-corrected chi connectivity index (χ3v) is 2.37. The number of aryl methyl sites for hydroxylation is 1. The SMILES string of the molecule is O=C(O)C(=O)c1cccc2c1OCCC2. The largest absolute Gasteiger partial charge is 0.493 e. The minimum Gasteiger partial charge on any atom is -0.493 e. The third kappa shape index (κ3) is 1.70. The quantitative estimate of drug-likeness (QED) is 0.584. The van der Waals surface area contributed by atoms with Crippen LogP contribution in [0.1, 0.15) is 22.3 Å². The Morgan fingerprint density at radius 3 is 2.87 bits per heavy atom. The molecule has 1 aromatic rings. The molecule has 0 radical (unpaired) electrons. The van der Waals surface area contributed by atoms with E-state index in [1.165, 1.54) is 6.07 Å². The number of para-hydroxylation sites is 1. The predicted octanol–water partition coefficient (Wildman–Crippen LogP) is 1.28. The van der Waals surface area contributed by atoms with Crippen molar-refractivity contribution >= 4 is 11.8 Å². The average molecular weight is 206 g/mol. The number of carbonyl (C=O) groups is 2. The standard InChI is InChI=1S/C11H10O4/c12-9(11(13)14)8-5-1-3-7-4-2-6-15-10(7)8/h1,3,5H,2,4,6H2,(H,13,14). The van der Waals surface area contributed by atoms with Gasteiger partial charge >= 0.3 is 5.97 Å². The lowest BCUT2D eigenvalue weighted by Crippen LogP contribution is -2.17. The minimum absolute atomic E-state index is 0.153. The van der Waals surface area contributed by atoms with Gasteiger partial charge in [0.25, 0.3) is 5.78 Å². The zero-order valence-corrected chi connectivity index (χ0v) is 8.03. The van der Waals surface area contributed by atoms with Crippen LogP contribution in [0, 0.1) is 0 Å². The number of aliphatic carboxylic acids is 1. The molecule has 1 aliphatic heterocycles. The van der Waals surface area contributed by atoms with Crippen molar-refractivity contribution in [3.05, 3.63) is 29.3 Å². The number of ether oxygens (including phenoxy) is 1. The van der Waals surface area contributed by atoms with Gasteiger partial charge in [0.2, 0.25) is 0 Å². The van der Waals surface area contributed by atoms with Crippen LogP contribution in [0.4, 0.5) is 0 Å².